The third-order valence-electron chi connectivity index (χ3n) is 3.74. The molecule has 6 heteroatoms. The van der Waals surface area contributed by atoms with E-state index in [9.17, 15) is 4.39 Å². The summed E-state index contributed by atoms with van der Waals surface area (Å²) in [4.78, 5) is 4.59. The molecule has 0 atom stereocenters. The number of hydrogen-bond acceptors (Lipinski definition) is 4. The zero-order valence-electron chi connectivity index (χ0n) is 12.1. The molecule has 0 radical (unpaired) electrons. The normalized spacial score (nSPS) is 13.0. The number of fused-ring (bicyclic) bond motifs is 2. The number of nitriles is 1. The average molecular weight is 309 g/mol. The average Bonchev–Trinajstić information content (AvgIpc) is 2.92. The van der Waals surface area contributed by atoms with Gasteiger partial charge >= 0.3 is 0 Å². The molecule has 3 aromatic rings. The fraction of sp³-hybridized carbons (Fsp3) is 0.176. The Hall–Kier alpha value is -3.07. The van der Waals surface area contributed by atoms with Crippen molar-refractivity contribution in [1.29, 1.82) is 5.26 Å². The van der Waals surface area contributed by atoms with Gasteiger partial charge in [0.15, 0.2) is 11.5 Å². The van der Waals surface area contributed by atoms with Gasteiger partial charge in [-0.2, -0.15) is 5.26 Å². The molecular formula is C17H12FN3O2. The predicted molar refractivity (Wildman–Crippen MR) is 81.7 cm³/mol. The summed E-state index contributed by atoms with van der Waals surface area (Å²) in [6.07, 6.45) is 0. The van der Waals surface area contributed by atoms with Crippen molar-refractivity contribution in [2.75, 3.05) is 13.2 Å². The maximum atomic E-state index is 13.1. The first-order chi connectivity index (χ1) is 11.3. The van der Waals surface area contributed by atoms with Crippen LogP contribution in [0.5, 0.6) is 11.5 Å². The Bertz CT molecular complexity index is 926. The maximum Gasteiger partial charge on any atom is 0.163 e. The van der Waals surface area contributed by atoms with E-state index in [-0.39, 0.29) is 12.4 Å². The first-order valence-electron chi connectivity index (χ1n) is 7.19. The molecule has 1 aliphatic heterocycles. The molecule has 114 valence electrons. The van der Waals surface area contributed by atoms with Crippen LogP contribution in [0.4, 0.5) is 4.39 Å². The molecule has 5 nitrogen and oxygen atoms in total. The molecule has 0 amide bonds. The van der Waals surface area contributed by atoms with Gasteiger partial charge in [-0.05, 0) is 24.3 Å². The van der Waals surface area contributed by atoms with Gasteiger partial charge in [-0.1, -0.05) is 0 Å². The van der Waals surface area contributed by atoms with Crippen molar-refractivity contribution in [2.24, 2.45) is 0 Å². The lowest BCUT2D eigenvalue weighted by Gasteiger charge is -2.18. The number of imidazole rings is 1. The summed E-state index contributed by atoms with van der Waals surface area (Å²) in [7, 11) is 0. The van der Waals surface area contributed by atoms with Gasteiger partial charge < -0.3 is 14.0 Å². The van der Waals surface area contributed by atoms with Crippen LogP contribution in [0.15, 0.2) is 36.4 Å². The van der Waals surface area contributed by atoms with Gasteiger partial charge in [-0.3, -0.25) is 0 Å². The van der Waals surface area contributed by atoms with Crippen LogP contribution >= 0.6 is 0 Å². The minimum absolute atomic E-state index is 0.142. The van der Waals surface area contributed by atoms with E-state index in [1.165, 1.54) is 12.1 Å². The first-order valence-corrected chi connectivity index (χ1v) is 7.19. The number of nitrogens with zero attached hydrogens (tertiary/aromatic N) is 3. The van der Waals surface area contributed by atoms with Crippen LogP contribution in [0, 0.1) is 17.1 Å². The zero-order valence-corrected chi connectivity index (χ0v) is 12.1. The lowest BCUT2D eigenvalue weighted by atomic mass is 10.2. The van der Waals surface area contributed by atoms with Crippen LogP contribution in [0.3, 0.4) is 0 Å². The van der Waals surface area contributed by atoms with Gasteiger partial charge in [0.25, 0.3) is 0 Å². The smallest absolute Gasteiger partial charge is 0.163 e. The van der Waals surface area contributed by atoms with Crippen molar-refractivity contribution in [3.63, 3.8) is 0 Å². The van der Waals surface area contributed by atoms with E-state index in [1.54, 1.807) is 16.7 Å². The zero-order chi connectivity index (χ0) is 15.8. The monoisotopic (exact) mass is 309 g/mol. The molecule has 1 aliphatic rings. The number of hydrogen-bond donors (Lipinski definition) is 0. The summed E-state index contributed by atoms with van der Waals surface area (Å²) in [5.74, 6) is 1.60. The number of halogens is 1. The van der Waals surface area contributed by atoms with E-state index in [0.29, 0.717) is 36.1 Å². The Balaban J connectivity index is 1.94. The Morgan fingerprint density at radius 2 is 1.83 bits per heavy atom. The topological polar surface area (TPSA) is 60.1 Å². The highest BCUT2D eigenvalue weighted by atomic mass is 19.1. The van der Waals surface area contributed by atoms with Gasteiger partial charge in [-0.15, -0.1) is 0 Å². The van der Waals surface area contributed by atoms with Crippen molar-refractivity contribution >= 4 is 11.0 Å². The number of aromatic nitrogens is 2. The highest BCUT2D eigenvalue weighted by Crippen LogP contribution is 2.36. The molecular weight excluding hydrogens is 297 g/mol. The second kappa shape index (κ2) is 5.29. The highest BCUT2D eigenvalue weighted by molar-refractivity contribution is 5.84. The molecule has 0 bridgehead atoms. The molecule has 0 saturated heterocycles. The fourth-order valence-corrected chi connectivity index (χ4v) is 2.71. The summed E-state index contributed by atoms with van der Waals surface area (Å²) < 4.78 is 26.1. The van der Waals surface area contributed by atoms with Gasteiger partial charge in [0, 0.05) is 17.7 Å². The van der Waals surface area contributed by atoms with E-state index < -0.39 is 0 Å². The first kappa shape index (κ1) is 13.6. The van der Waals surface area contributed by atoms with Crippen molar-refractivity contribution < 1.29 is 13.9 Å². The Labute approximate surface area is 131 Å². The Morgan fingerprint density at radius 3 is 2.52 bits per heavy atom. The summed E-state index contributed by atoms with van der Waals surface area (Å²) in [5, 5.41) is 9.14. The summed E-state index contributed by atoms with van der Waals surface area (Å²) >= 11 is 0. The Kier molecular flexibility index (Phi) is 3.12. The van der Waals surface area contributed by atoms with E-state index in [4.69, 9.17) is 14.7 Å². The van der Waals surface area contributed by atoms with E-state index in [2.05, 4.69) is 11.1 Å². The van der Waals surface area contributed by atoms with E-state index >= 15 is 0 Å². The van der Waals surface area contributed by atoms with Crippen molar-refractivity contribution in [1.82, 2.24) is 9.55 Å². The molecule has 2 heterocycles. The molecule has 0 spiro atoms. The lowest BCUT2D eigenvalue weighted by Crippen LogP contribution is -2.15. The van der Waals surface area contributed by atoms with Crippen LogP contribution in [-0.4, -0.2) is 22.8 Å². The SMILES string of the molecule is N#CCn1c(-c2ccc(F)cc2)nc2cc3c(cc21)OCCO3. The van der Waals surface area contributed by atoms with Crippen LogP contribution in [0.1, 0.15) is 0 Å². The third-order valence-corrected chi connectivity index (χ3v) is 3.74. The van der Waals surface area contributed by atoms with Gasteiger partial charge in [0.2, 0.25) is 0 Å². The second-order valence-corrected chi connectivity index (χ2v) is 5.17. The number of benzene rings is 2. The molecule has 1 aromatic heterocycles. The predicted octanol–water partition coefficient (Wildman–Crippen LogP) is 3.14. The standard InChI is InChI=1S/C17H12FN3O2/c18-12-3-1-11(2-4-12)17-20-13-9-15-16(23-8-7-22-15)10-14(13)21(17)6-5-19/h1-4,9-10H,6-8H2. The van der Waals surface area contributed by atoms with Crippen LogP contribution < -0.4 is 9.47 Å². The van der Waals surface area contributed by atoms with Gasteiger partial charge in [0.1, 0.15) is 31.4 Å². The van der Waals surface area contributed by atoms with Gasteiger partial charge in [-0.25, -0.2) is 9.37 Å². The van der Waals surface area contributed by atoms with Crippen LogP contribution in [0.25, 0.3) is 22.4 Å². The minimum Gasteiger partial charge on any atom is -0.486 e. The molecule has 0 unspecified atom stereocenters. The van der Waals surface area contributed by atoms with Gasteiger partial charge in [0.05, 0.1) is 17.1 Å². The van der Waals surface area contributed by atoms with E-state index in [0.717, 1.165) is 11.1 Å². The van der Waals surface area contributed by atoms with Crippen molar-refractivity contribution in [2.45, 2.75) is 6.54 Å². The lowest BCUT2D eigenvalue weighted by molar-refractivity contribution is 0.172. The summed E-state index contributed by atoms with van der Waals surface area (Å²) in [6, 6.07) is 11.8. The molecule has 0 saturated carbocycles. The van der Waals surface area contributed by atoms with Crippen molar-refractivity contribution in [3.05, 3.63) is 42.2 Å². The van der Waals surface area contributed by atoms with E-state index in [1.807, 2.05) is 12.1 Å². The highest BCUT2D eigenvalue weighted by Gasteiger charge is 2.18. The van der Waals surface area contributed by atoms with Crippen LogP contribution in [0.2, 0.25) is 0 Å². The maximum absolute atomic E-state index is 13.1. The Morgan fingerprint density at radius 1 is 1.13 bits per heavy atom. The number of rotatable bonds is 2. The van der Waals surface area contributed by atoms with Crippen molar-refractivity contribution in [3.8, 4) is 29.0 Å². The fourth-order valence-electron chi connectivity index (χ4n) is 2.71. The molecule has 4 rings (SSSR count). The molecule has 0 aliphatic carbocycles. The molecule has 0 N–H and O–H groups in total. The quantitative estimate of drug-likeness (QED) is 0.729. The summed E-state index contributed by atoms with van der Waals surface area (Å²) in [5.41, 5.74) is 2.25. The summed E-state index contributed by atoms with van der Waals surface area (Å²) in [6.45, 7) is 1.14. The van der Waals surface area contributed by atoms with Crippen LogP contribution in [-0.2, 0) is 6.54 Å². The molecule has 23 heavy (non-hydrogen) atoms. The third kappa shape index (κ3) is 2.27. The minimum atomic E-state index is -0.311. The second-order valence-electron chi connectivity index (χ2n) is 5.17. The number of ether oxygens (including phenoxy) is 2. The molecule has 2 aromatic carbocycles. The molecule has 0 fully saturated rings. The largest absolute Gasteiger partial charge is 0.486 e.